The Hall–Kier alpha value is -2.11. The minimum Gasteiger partial charge on any atom is -0.502 e. The lowest BCUT2D eigenvalue weighted by Gasteiger charge is -2.06. The molecule has 0 aromatic heterocycles. The van der Waals surface area contributed by atoms with Crippen molar-refractivity contribution in [1.29, 1.82) is 0 Å². The van der Waals surface area contributed by atoms with Gasteiger partial charge in [-0.05, 0) is 18.6 Å². The van der Waals surface area contributed by atoms with Crippen molar-refractivity contribution in [3.05, 3.63) is 28.3 Å². The molecule has 7 nitrogen and oxygen atoms in total. The Morgan fingerprint density at radius 3 is 2.74 bits per heavy atom. The quantitative estimate of drug-likeness (QED) is 0.350. The average Bonchev–Trinajstić information content (AvgIpc) is 2.34. The van der Waals surface area contributed by atoms with Gasteiger partial charge < -0.3 is 5.11 Å². The predicted octanol–water partition coefficient (Wildman–Crippen LogP) is 0.992. The average molecular weight is 284 g/mol. The van der Waals surface area contributed by atoms with Crippen LogP contribution in [0.3, 0.4) is 0 Å². The Labute approximate surface area is 110 Å². The van der Waals surface area contributed by atoms with E-state index in [1.165, 1.54) is 0 Å². The lowest BCUT2D eigenvalue weighted by Crippen LogP contribution is -2.24. The summed E-state index contributed by atoms with van der Waals surface area (Å²) in [5.41, 5.74) is -0.661. The van der Waals surface area contributed by atoms with Crippen LogP contribution in [0.5, 0.6) is 5.75 Å². The smallest absolute Gasteiger partial charge is 0.312 e. The molecule has 1 aromatic carbocycles. The number of phenolic OH excluding ortho intramolecular Hbond substituents is 1. The summed E-state index contributed by atoms with van der Waals surface area (Å²) in [4.78, 5) is 9.47. The van der Waals surface area contributed by atoms with E-state index in [4.69, 9.17) is 6.42 Å². The molecule has 0 unspecified atom stereocenters. The maximum Gasteiger partial charge on any atom is 0.312 e. The zero-order chi connectivity index (χ0) is 14.5. The highest BCUT2D eigenvalue weighted by molar-refractivity contribution is 7.89. The topological polar surface area (TPSA) is 110 Å². The van der Waals surface area contributed by atoms with Gasteiger partial charge in [-0.25, -0.2) is 13.1 Å². The van der Waals surface area contributed by atoms with Crippen LogP contribution < -0.4 is 4.72 Å². The van der Waals surface area contributed by atoms with Crippen molar-refractivity contribution in [2.45, 2.75) is 17.7 Å². The molecule has 0 spiro atoms. The normalized spacial score (nSPS) is 10.9. The monoisotopic (exact) mass is 284 g/mol. The first kappa shape index (κ1) is 14.9. The lowest BCUT2D eigenvalue weighted by atomic mass is 10.3. The molecule has 0 aliphatic heterocycles. The molecule has 0 aliphatic rings. The molecule has 1 aromatic rings. The van der Waals surface area contributed by atoms with E-state index in [-0.39, 0.29) is 11.4 Å². The van der Waals surface area contributed by atoms with Crippen LogP contribution in [0.1, 0.15) is 12.8 Å². The van der Waals surface area contributed by atoms with Crippen LogP contribution >= 0.6 is 0 Å². The molecular weight excluding hydrogens is 272 g/mol. The van der Waals surface area contributed by atoms with Gasteiger partial charge in [0, 0.05) is 19.0 Å². The number of nitrogens with one attached hydrogen (secondary N) is 1. The van der Waals surface area contributed by atoms with E-state index in [2.05, 4.69) is 10.6 Å². The zero-order valence-electron chi connectivity index (χ0n) is 9.87. The van der Waals surface area contributed by atoms with Gasteiger partial charge in [0.15, 0.2) is 5.75 Å². The van der Waals surface area contributed by atoms with Crippen molar-refractivity contribution >= 4 is 15.7 Å². The van der Waals surface area contributed by atoms with E-state index in [9.17, 15) is 23.6 Å². The maximum atomic E-state index is 11.8. The fraction of sp³-hybridized carbons (Fsp3) is 0.273. The first-order chi connectivity index (χ1) is 8.88. The molecule has 0 atom stereocenters. The van der Waals surface area contributed by atoms with Gasteiger partial charge in [0.05, 0.1) is 9.82 Å². The number of nitrogens with zero attached hydrogens (tertiary/aromatic N) is 1. The standard InChI is InChI=1S/C11H12N2O5S/c1-2-3-4-7-12-19(17,18)9-5-6-11(14)10(8-9)13(15)16/h1,5-6,8,12,14H,3-4,7H2. The molecule has 2 N–H and O–H groups in total. The molecule has 0 heterocycles. The predicted molar refractivity (Wildman–Crippen MR) is 68.0 cm³/mol. The number of phenols is 1. The minimum absolute atomic E-state index is 0.140. The van der Waals surface area contributed by atoms with Gasteiger partial charge in [-0.2, -0.15) is 0 Å². The fourth-order valence-electron chi connectivity index (χ4n) is 1.30. The second-order valence-corrected chi connectivity index (χ2v) is 5.38. The molecule has 0 amide bonds. The van der Waals surface area contributed by atoms with E-state index >= 15 is 0 Å². The Kier molecular flexibility index (Phi) is 4.86. The van der Waals surface area contributed by atoms with E-state index in [0.717, 1.165) is 18.2 Å². The van der Waals surface area contributed by atoms with Crippen LogP contribution in [0, 0.1) is 22.5 Å². The molecule has 0 aliphatic carbocycles. The van der Waals surface area contributed by atoms with Crippen LogP contribution in [0.4, 0.5) is 5.69 Å². The number of unbranched alkanes of at least 4 members (excludes halogenated alkanes) is 1. The second-order valence-electron chi connectivity index (χ2n) is 3.61. The Morgan fingerprint density at radius 1 is 1.47 bits per heavy atom. The largest absolute Gasteiger partial charge is 0.502 e. The van der Waals surface area contributed by atoms with Gasteiger partial charge in [-0.15, -0.1) is 12.3 Å². The summed E-state index contributed by atoms with van der Waals surface area (Å²) >= 11 is 0. The highest BCUT2D eigenvalue weighted by Gasteiger charge is 2.20. The van der Waals surface area contributed by atoms with Crippen molar-refractivity contribution in [2.75, 3.05) is 6.54 Å². The number of benzene rings is 1. The number of nitro benzene ring substituents is 1. The summed E-state index contributed by atoms with van der Waals surface area (Å²) in [5, 5.41) is 19.8. The van der Waals surface area contributed by atoms with E-state index < -0.39 is 26.4 Å². The first-order valence-corrected chi connectivity index (χ1v) is 6.77. The third kappa shape index (κ3) is 3.94. The molecule has 0 fully saturated rings. The number of terminal acetylenes is 1. The molecule has 0 saturated carbocycles. The zero-order valence-corrected chi connectivity index (χ0v) is 10.7. The van der Waals surface area contributed by atoms with Crippen LogP contribution in [0.15, 0.2) is 23.1 Å². The number of hydrogen-bond acceptors (Lipinski definition) is 5. The second kappa shape index (κ2) is 6.17. The maximum absolute atomic E-state index is 11.8. The Morgan fingerprint density at radius 2 is 2.16 bits per heavy atom. The molecule has 0 bridgehead atoms. The number of sulfonamides is 1. The summed E-state index contributed by atoms with van der Waals surface area (Å²) in [7, 11) is -3.85. The van der Waals surface area contributed by atoms with Gasteiger partial charge in [0.25, 0.3) is 0 Å². The molecule has 1 rings (SSSR count). The highest BCUT2D eigenvalue weighted by atomic mass is 32.2. The minimum atomic E-state index is -3.85. The fourth-order valence-corrected chi connectivity index (χ4v) is 2.39. The third-order valence-corrected chi connectivity index (χ3v) is 3.70. The van der Waals surface area contributed by atoms with Gasteiger partial charge in [0.2, 0.25) is 10.0 Å². The first-order valence-electron chi connectivity index (χ1n) is 5.29. The third-order valence-electron chi connectivity index (χ3n) is 2.24. The number of hydrogen-bond donors (Lipinski definition) is 2. The number of rotatable bonds is 6. The van der Waals surface area contributed by atoms with E-state index in [1.54, 1.807) is 0 Å². The molecule has 19 heavy (non-hydrogen) atoms. The van der Waals surface area contributed by atoms with Gasteiger partial charge in [0.1, 0.15) is 0 Å². The van der Waals surface area contributed by atoms with Crippen molar-refractivity contribution < 1.29 is 18.4 Å². The highest BCUT2D eigenvalue weighted by Crippen LogP contribution is 2.28. The number of aromatic hydroxyl groups is 1. The molecule has 0 saturated heterocycles. The van der Waals surface area contributed by atoms with Crippen LogP contribution in [0.25, 0.3) is 0 Å². The Bertz CT molecular complexity index is 618. The molecule has 102 valence electrons. The van der Waals surface area contributed by atoms with Gasteiger partial charge in [-0.1, -0.05) is 0 Å². The molecular formula is C11H12N2O5S. The number of nitro groups is 1. The van der Waals surface area contributed by atoms with Crippen LogP contribution in [-0.4, -0.2) is 25.0 Å². The van der Waals surface area contributed by atoms with E-state index in [0.29, 0.717) is 12.8 Å². The van der Waals surface area contributed by atoms with Gasteiger partial charge in [-0.3, -0.25) is 10.1 Å². The van der Waals surface area contributed by atoms with Crippen molar-refractivity contribution in [1.82, 2.24) is 4.72 Å². The summed E-state index contributed by atoms with van der Waals surface area (Å²) in [6.45, 7) is 0.140. The summed E-state index contributed by atoms with van der Waals surface area (Å²) in [6.07, 6.45) is 5.93. The SMILES string of the molecule is C#CCCCNS(=O)(=O)c1ccc(O)c([N+](=O)[O-])c1. The summed E-state index contributed by atoms with van der Waals surface area (Å²) in [5.74, 6) is 1.78. The summed E-state index contributed by atoms with van der Waals surface area (Å²) < 4.78 is 25.9. The van der Waals surface area contributed by atoms with Crippen LogP contribution in [0.2, 0.25) is 0 Å². The molecule has 0 radical (unpaired) electrons. The van der Waals surface area contributed by atoms with Gasteiger partial charge >= 0.3 is 5.69 Å². The Balaban J connectivity index is 2.93. The van der Waals surface area contributed by atoms with Crippen LogP contribution in [-0.2, 0) is 10.0 Å². The van der Waals surface area contributed by atoms with Crippen molar-refractivity contribution in [2.24, 2.45) is 0 Å². The van der Waals surface area contributed by atoms with E-state index in [1.807, 2.05) is 0 Å². The van der Waals surface area contributed by atoms with Crippen molar-refractivity contribution in [3.8, 4) is 18.1 Å². The van der Waals surface area contributed by atoms with Crippen molar-refractivity contribution in [3.63, 3.8) is 0 Å². The summed E-state index contributed by atoms with van der Waals surface area (Å²) in [6, 6.07) is 2.86. The molecule has 8 heteroatoms. The lowest BCUT2D eigenvalue weighted by molar-refractivity contribution is -0.386.